The average Bonchev–Trinajstić information content (AvgIpc) is 3.00. The summed E-state index contributed by atoms with van der Waals surface area (Å²) >= 11 is 0. The van der Waals surface area contributed by atoms with Gasteiger partial charge in [0.15, 0.2) is 6.10 Å². The van der Waals surface area contributed by atoms with Gasteiger partial charge in [-0.2, -0.15) is 0 Å². The van der Waals surface area contributed by atoms with Crippen LogP contribution in [0.25, 0.3) is 0 Å². The second kappa shape index (κ2) is 7.09. The summed E-state index contributed by atoms with van der Waals surface area (Å²) in [7, 11) is 1.99. The number of nitrogens with zero attached hydrogens (tertiary/aromatic N) is 2. The van der Waals surface area contributed by atoms with Crippen LogP contribution in [0.4, 0.5) is 0 Å². The molecule has 1 amide bonds. The minimum Gasteiger partial charge on any atom is -0.481 e. The fraction of sp³-hybridized carbons (Fsp3) is 0.421. The molecule has 1 aromatic heterocycles. The van der Waals surface area contributed by atoms with Crippen LogP contribution in [-0.4, -0.2) is 41.2 Å². The second-order valence-corrected chi connectivity index (χ2v) is 6.24. The Bertz CT molecular complexity index is 710. The summed E-state index contributed by atoms with van der Waals surface area (Å²) in [5, 5.41) is 0. The van der Waals surface area contributed by atoms with Crippen LogP contribution in [0.2, 0.25) is 0 Å². The Labute approximate surface area is 142 Å². The zero-order valence-corrected chi connectivity index (χ0v) is 14.4. The van der Waals surface area contributed by atoms with Crippen LogP contribution >= 0.6 is 0 Å². The summed E-state index contributed by atoms with van der Waals surface area (Å²) in [5.74, 6) is 0.713. The third-order valence-electron chi connectivity index (χ3n) is 4.39. The molecule has 1 aliphatic heterocycles. The van der Waals surface area contributed by atoms with Crippen LogP contribution in [-0.2, 0) is 16.6 Å². The van der Waals surface area contributed by atoms with Gasteiger partial charge < -0.3 is 18.9 Å². The lowest BCUT2D eigenvalue weighted by Gasteiger charge is -2.37. The summed E-state index contributed by atoms with van der Waals surface area (Å²) in [6, 6.07) is 11.7. The molecule has 2 atom stereocenters. The van der Waals surface area contributed by atoms with Crippen molar-refractivity contribution in [1.82, 2.24) is 9.47 Å². The van der Waals surface area contributed by atoms with Crippen molar-refractivity contribution in [2.24, 2.45) is 7.05 Å². The predicted molar refractivity (Wildman–Crippen MR) is 92.0 cm³/mol. The monoisotopic (exact) mass is 328 g/mol. The Hall–Kier alpha value is -2.27. The molecule has 0 bridgehead atoms. The number of carbonyl (C=O) groups is 1. The smallest absolute Gasteiger partial charge is 0.264 e. The van der Waals surface area contributed by atoms with Crippen molar-refractivity contribution < 1.29 is 14.3 Å². The Kier molecular flexibility index (Phi) is 4.90. The second-order valence-electron chi connectivity index (χ2n) is 6.24. The normalized spacial score (nSPS) is 19.1. The molecule has 0 radical (unpaired) electrons. The van der Waals surface area contributed by atoms with E-state index >= 15 is 0 Å². The number of carbonyl (C=O) groups excluding carboxylic acids is 1. The van der Waals surface area contributed by atoms with Gasteiger partial charge in [-0.25, -0.2) is 0 Å². The van der Waals surface area contributed by atoms with Crippen molar-refractivity contribution in [3.63, 3.8) is 0 Å². The molecule has 5 nitrogen and oxygen atoms in total. The average molecular weight is 328 g/mol. The van der Waals surface area contributed by atoms with Gasteiger partial charge in [-0.3, -0.25) is 4.79 Å². The molecule has 1 saturated heterocycles. The minimum atomic E-state index is -0.535. The van der Waals surface area contributed by atoms with Crippen molar-refractivity contribution >= 4 is 5.91 Å². The Morgan fingerprint density at radius 1 is 1.33 bits per heavy atom. The summed E-state index contributed by atoms with van der Waals surface area (Å²) < 4.78 is 13.5. The van der Waals surface area contributed by atoms with E-state index in [9.17, 15) is 4.79 Å². The number of morpholine rings is 1. The van der Waals surface area contributed by atoms with Gasteiger partial charge in [-0.1, -0.05) is 12.1 Å². The molecule has 24 heavy (non-hydrogen) atoms. The van der Waals surface area contributed by atoms with Crippen molar-refractivity contribution in [3.05, 3.63) is 53.9 Å². The molecule has 0 spiro atoms. The van der Waals surface area contributed by atoms with Gasteiger partial charge in [0.25, 0.3) is 5.91 Å². The van der Waals surface area contributed by atoms with E-state index in [1.807, 2.05) is 73.0 Å². The van der Waals surface area contributed by atoms with Crippen LogP contribution in [0.1, 0.15) is 24.2 Å². The fourth-order valence-corrected chi connectivity index (χ4v) is 3.11. The Balaban J connectivity index is 1.75. The van der Waals surface area contributed by atoms with Crippen molar-refractivity contribution in [1.29, 1.82) is 0 Å². The number of amides is 1. The van der Waals surface area contributed by atoms with Gasteiger partial charge in [0.05, 0.1) is 19.3 Å². The maximum atomic E-state index is 12.9. The van der Waals surface area contributed by atoms with E-state index in [2.05, 4.69) is 0 Å². The number of benzene rings is 1. The molecule has 128 valence electrons. The standard InChI is InChI=1S/C19H24N2O3/c1-14-6-4-7-16(12-14)24-15(2)19(22)21-10-11-23-13-18(21)17-8-5-9-20(17)3/h4-9,12,15,18H,10-11,13H2,1-3H3/t15-,18-/m0/s1. The van der Waals surface area contributed by atoms with E-state index in [0.717, 1.165) is 17.0 Å². The van der Waals surface area contributed by atoms with E-state index in [0.29, 0.717) is 19.8 Å². The molecule has 1 aromatic carbocycles. The number of hydrogen-bond donors (Lipinski definition) is 0. The molecule has 0 N–H and O–H groups in total. The van der Waals surface area contributed by atoms with E-state index in [-0.39, 0.29) is 11.9 Å². The third kappa shape index (κ3) is 3.46. The van der Waals surface area contributed by atoms with Gasteiger partial charge in [-0.05, 0) is 43.7 Å². The molecule has 0 aliphatic carbocycles. The number of aromatic nitrogens is 1. The fourth-order valence-electron chi connectivity index (χ4n) is 3.11. The first-order chi connectivity index (χ1) is 11.6. The highest BCUT2D eigenvalue weighted by Gasteiger charge is 2.33. The highest BCUT2D eigenvalue weighted by Crippen LogP contribution is 2.26. The molecular weight excluding hydrogens is 304 g/mol. The number of ether oxygens (including phenoxy) is 2. The topological polar surface area (TPSA) is 43.7 Å². The van der Waals surface area contributed by atoms with Crippen LogP contribution in [0.15, 0.2) is 42.6 Å². The quantitative estimate of drug-likeness (QED) is 0.867. The lowest BCUT2D eigenvalue weighted by atomic mass is 10.1. The summed E-state index contributed by atoms with van der Waals surface area (Å²) in [4.78, 5) is 14.8. The van der Waals surface area contributed by atoms with Crippen molar-refractivity contribution in [2.45, 2.75) is 26.0 Å². The van der Waals surface area contributed by atoms with Gasteiger partial charge in [0.1, 0.15) is 5.75 Å². The van der Waals surface area contributed by atoms with Crippen LogP contribution in [0.3, 0.4) is 0 Å². The predicted octanol–water partition coefficient (Wildman–Crippen LogP) is 2.70. The van der Waals surface area contributed by atoms with E-state index in [4.69, 9.17) is 9.47 Å². The molecule has 0 unspecified atom stereocenters. The maximum absolute atomic E-state index is 12.9. The lowest BCUT2D eigenvalue weighted by Crippen LogP contribution is -2.48. The molecule has 2 heterocycles. The Morgan fingerprint density at radius 3 is 2.88 bits per heavy atom. The summed E-state index contributed by atoms with van der Waals surface area (Å²) in [5.41, 5.74) is 2.19. The zero-order valence-electron chi connectivity index (χ0n) is 14.4. The third-order valence-corrected chi connectivity index (χ3v) is 4.39. The van der Waals surface area contributed by atoms with Crippen LogP contribution < -0.4 is 4.74 Å². The highest BCUT2D eigenvalue weighted by atomic mass is 16.5. The van der Waals surface area contributed by atoms with E-state index < -0.39 is 6.10 Å². The molecule has 2 aromatic rings. The van der Waals surface area contributed by atoms with Crippen molar-refractivity contribution in [2.75, 3.05) is 19.8 Å². The summed E-state index contributed by atoms with van der Waals surface area (Å²) in [6.45, 7) is 5.47. The van der Waals surface area contributed by atoms with Crippen LogP contribution in [0.5, 0.6) is 5.75 Å². The molecule has 1 fully saturated rings. The highest BCUT2D eigenvalue weighted by molar-refractivity contribution is 5.81. The van der Waals surface area contributed by atoms with Gasteiger partial charge in [-0.15, -0.1) is 0 Å². The SMILES string of the molecule is Cc1cccc(O[C@@H](C)C(=O)N2CCOC[C@H]2c2cccn2C)c1. The van der Waals surface area contributed by atoms with Gasteiger partial charge in [0, 0.05) is 25.5 Å². The zero-order chi connectivity index (χ0) is 17.1. The molecular formula is C19H24N2O3. The molecule has 1 aliphatic rings. The molecule has 5 heteroatoms. The van der Waals surface area contributed by atoms with E-state index in [1.54, 1.807) is 0 Å². The maximum Gasteiger partial charge on any atom is 0.264 e. The summed E-state index contributed by atoms with van der Waals surface area (Å²) in [6.07, 6.45) is 1.45. The number of aryl methyl sites for hydroxylation is 2. The van der Waals surface area contributed by atoms with Crippen LogP contribution in [0, 0.1) is 6.92 Å². The van der Waals surface area contributed by atoms with Crippen molar-refractivity contribution in [3.8, 4) is 5.75 Å². The lowest BCUT2D eigenvalue weighted by molar-refractivity contribution is -0.147. The van der Waals surface area contributed by atoms with Gasteiger partial charge >= 0.3 is 0 Å². The first kappa shape index (κ1) is 16.6. The Morgan fingerprint density at radius 2 is 2.17 bits per heavy atom. The minimum absolute atomic E-state index is 0.00833. The van der Waals surface area contributed by atoms with Gasteiger partial charge in [0.2, 0.25) is 0 Å². The first-order valence-electron chi connectivity index (χ1n) is 8.29. The first-order valence-corrected chi connectivity index (χ1v) is 8.29. The molecule has 0 saturated carbocycles. The molecule has 3 rings (SSSR count). The number of rotatable bonds is 4. The van der Waals surface area contributed by atoms with E-state index in [1.165, 1.54) is 0 Å². The number of hydrogen-bond acceptors (Lipinski definition) is 3. The largest absolute Gasteiger partial charge is 0.481 e.